The highest BCUT2D eigenvalue weighted by Gasteiger charge is 2.40. The van der Waals surface area contributed by atoms with Crippen molar-refractivity contribution >= 4 is 33.9 Å². The molecule has 0 saturated heterocycles. The van der Waals surface area contributed by atoms with E-state index in [1.807, 2.05) is 55.5 Å². The van der Waals surface area contributed by atoms with Crippen LogP contribution in [0.5, 0.6) is 5.75 Å². The predicted molar refractivity (Wildman–Crippen MR) is 112 cm³/mol. The third kappa shape index (κ3) is 3.68. The Kier molecular flexibility index (Phi) is 5.51. The lowest BCUT2D eigenvalue weighted by Crippen LogP contribution is -2.42. The number of aryl methyl sites for hydroxylation is 1. The maximum atomic E-state index is 9.66. The summed E-state index contributed by atoms with van der Waals surface area (Å²) in [6, 6.07) is 19.9. The van der Waals surface area contributed by atoms with Crippen LogP contribution in [0.4, 0.5) is 0 Å². The largest absolute Gasteiger partial charge is 0.497 e. The molecule has 0 aromatic heterocycles. The maximum absolute atomic E-state index is 9.66. The molecule has 0 spiro atoms. The van der Waals surface area contributed by atoms with E-state index < -0.39 is 4.87 Å². The van der Waals surface area contributed by atoms with Gasteiger partial charge in [0, 0.05) is 0 Å². The highest BCUT2D eigenvalue weighted by Crippen LogP contribution is 2.46. The summed E-state index contributed by atoms with van der Waals surface area (Å²) in [5.74, 6) is 0.737. The molecule has 0 fully saturated rings. The summed E-state index contributed by atoms with van der Waals surface area (Å²) in [6.45, 7) is 2.01. The third-order valence-electron chi connectivity index (χ3n) is 4.38. The fraction of sp³-hybridized carbons (Fsp3) is 0.190. The molecule has 0 radical (unpaired) electrons. The number of ether oxygens (including phenoxy) is 1. The molecule has 4 nitrogen and oxygen atoms in total. The van der Waals surface area contributed by atoms with Crippen molar-refractivity contribution in [2.45, 2.75) is 18.2 Å². The summed E-state index contributed by atoms with van der Waals surface area (Å²) in [5.41, 5.74) is 3.99. The first-order valence-corrected chi connectivity index (χ1v) is 9.50. The van der Waals surface area contributed by atoms with Crippen molar-refractivity contribution in [3.05, 3.63) is 70.8 Å². The van der Waals surface area contributed by atoms with Crippen LogP contribution in [0, 0.1) is 29.6 Å². The molecule has 2 aromatic rings. The number of benzene rings is 2. The Morgan fingerprint density at radius 2 is 1.78 bits per heavy atom. The van der Waals surface area contributed by atoms with E-state index in [-0.39, 0.29) is 6.42 Å². The molecule has 0 amide bonds. The van der Waals surface area contributed by atoms with Gasteiger partial charge in [0.25, 0.3) is 0 Å². The van der Waals surface area contributed by atoms with Crippen LogP contribution >= 0.6 is 24.0 Å². The minimum absolute atomic E-state index is 0.193. The van der Waals surface area contributed by atoms with Gasteiger partial charge in [-0.05, 0) is 30.2 Å². The van der Waals surface area contributed by atoms with Crippen molar-refractivity contribution < 1.29 is 4.74 Å². The average molecular weight is 392 g/mol. The molecule has 0 aliphatic carbocycles. The lowest BCUT2D eigenvalue weighted by molar-refractivity contribution is 0.414. The lowest BCUT2D eigenvalue weighted by atomic mass is 9.99. The quantitative estimate of drug-likeness (QED) is 0.764. The zero-order valence-electron chi connectivity index (χ0n) is 14.9. The molecular formula is C21H17N3OS2. The monoisotopic (exact) mass is 391 g/mol. The predicted octanol–water partition coefficient (Wildman–Crippen LogP) is 4.67. The van der Waals surface area contributed by atoms with Gasteiger partial charge in [0.1, 0.15) is 22.3 Å². The molecule has 27 heavy (non-hydrogen) atoms. The van der Waals surface area contributed by atoms with E-state index in [4.69, 9.17) is 17.0 Å². The third-order valence-corrected chi connectivity index (χ3v) is 6.06. The van der Waals surface area contributed by atoms with Gasteiger partial charge in [0.2, 0.25) is 0 Å². The second-order valence-corrected chi connectivity index (χ2v) is 8.11. The first-order valence-electron chi connectivity index (χ1n) is 8.27. The summed E-state index contributed by atoms with van der Waals surface area (Å²) in [7, 11) is 1.61. The first-order chi connectivity index (χ1) is 13.0. The van der Waals surface area contributed by atoms with Crippen molar-refractivity contribution in [1.29, 1.82) is 10.5 Å². The molecule has 6 heteroatoms. The molecule has 1 N–H and O–H groups in total. The van der Waals surface area contributed by atoms with Gasteiger partial charge in [0.05, 0.1) is 29.5 Å². The number of rotatable bonds is 4. The zero-order valence-corrected chi connectivity index (χ0v) is 16.6. The number of nitrogens with zero attached hydrogens (tertiary/aromatic N) is 2. The summed E-state index contributed by atoms with van der Waals surface area (Å²) in [5, 5.41) is 22.6. The number of hydrogen-bond acceptors (Lipinski definition) is 6. The van der Waals surface area contributed by atoms with Crippen LogP contribution in [0.25, 0.3) is 5.70 Å². The SMILES string of the molecule is COc1ccc(C2(CC#N)NC(c3ccc(C)cc3)=C(C#N)C(=S)S2)cc1. The molecular weight excluding hydrogens is 374 g/mol. The van der Waals surface area contributed by atoms with Gasteiger partial charge in [-0.3, -0.25) is 0 Å². The van der Waals surface area contributed by atoms with E-state index in [2.05, 4.69) is 17.5 Å². The van der Waals surface area contributed by atoms with E-state index in [9.17, 15) is 10.5 Å². The Labute approximate surface area is 168 Å². The molecule has 0 bridgehead atoms. The van der Waals surface area contributed by atoms with E-state index in [1.54, 1.807) is 7.11 Å². The van der Waals surface area contributed by atoms with Gasteiger partial charge in [-0.15, -0.1) is 0 Å². The summed E-state index contributed by atoms with van der Waals surface area (Å²) >= 11 is 6.89. The van der Waals surface area contributed by atoms with Gasteiger partial charge in [-0.1, -0.05) is 65.9 Å². The smallest absolute Gasteiger partial charge is 0.128 e. The topological polar surface area (TPSA) is 68.8 Å². The van der Waals surface area contributed by atoms with Crippen molar-refractivity contribution in [2.24, 2.45) is 0 Å². The molecule has 3 rings (SSSR count). The number of thioether (sulfide) groups is 1. The van der Waals surface area contributed by atoms with Gasteiger partial charge >= 0.3 is 0 Å². The molecule has 1 unspecified atom stereocenters. The van der Waals surface area contributed by atoms with Crippen LogP contribution in [0.2, 0.25) is 0 Å². The fourth-order valence-electron chi connectivity index (χ4n) is 2.92. The Balaban J connectivity index is 2.13. The number of hydrogen-bond donors (Lipinski definition) is 1. The van der Waals surface area contributed by atoms with Crippen molar-refractivity contribution in [1.82, 2.24) is 5.32 Å². The standard InChI is InChI=1S/C21H17N3OS2/c1-14-3-5-15(6-4-14)19-18(13-23)20(26)27-21(24-19,11-12-22)16-7-9-17(25-2)10-8-16/h3-10,24H,11H2,1-2H3. The van der Waals surface area contributed by atoms with Crippen LogP contribution in [0.3, 0.4) is 0 Å². The second-order valence-electron chi connectivity index (χ2n) is 6.13. The van der Waals surface area contributed by atoms with Crippen molar-refractivity contribution in [2.75, 3.05) is 7.11 Å². The molecule has 134 valence electrons. The Morgan fingerprint density at radius 3 is 2.33 bits per heavy atom. The first kappa shape index (κ1) is 19.0. The van der Waals surface area contributed by atoms with Gasteiger partial charge in [0.15, 0.2) is 0 Å². The number of thiocarbonyl (C=S) groups is 1. The molecule has 2 aromatic carbocycles. The Bertz CT molecular complexity index is 982. The van der Waals surface area contributed by atoms with E-state index in [0.29, 0.717) is 15.5 Å². The van der Waals surface area contributed by atoms with Crippen LogP contribution < -0.4 is 10.1 Å². The normalized spacial score (nSPS) is 19.0. The van der Waals surface area contributed by atoms with E-state index in [1.165, 1.54) is 11.8 Å². The maximum Gasteiger partial charge on any atom is 0.128 e. The molecule has 1 aliphatic heterocycles. The summed E-state index contributed by atoms with van der Waals surface area (Å²) in [6.07, 6.45) is 0.193. The average Bonchev–Trinajstić information content (AvgIpc) is 2.68. The molecule has 1 heterocycles. The molecule has 1 aliphatic rings. The van der Waals surface area contributed by atoms with E-state index in [0.717, 1.165) is 22.4 Å². The Morgan fingerprint density at radius 1 is 1.11 bits per heavy atom. The number of methoxy groups -OCH3 is 1. The van der Waals surface area contributed by atoms with Crippen LogP contribution in [-0.2, 0) is 4.87 Å². The van der Waals surface area contributed by atoms with Crippen molar-refractivity contribution in [3.63, 3.8) is 0 Å². The van der Waals surface area contributed by atoms with Crippen LogP contribution in [0.15, 0.2) is 54.1 Å². The zero-order chi connectivity index (χ0) is 19.4. The van der Waals surface area contributed by atoms with Gasteiger partial charge in [-0.25, -0.2) is 0 Å². The number of nitrogens with one attached hydrogen (secondary N) is 1. The lowest BCUT2D eigenvalue weighted by Gasteiger charge is -2.38. The fourth-order valence-corrected chi connectivity index (χ4v) is 4.61. The second kappa shape index (κ2) is 7.84. The Hall–Kier alpha value is -2.80. The molecule has 0 saturated carbocycles. The minimum Gasteiger partial charge on any atom is -0.497 e. The van der Waals surface area contributed by atoms with E-state index >= 15 is 0 Å². The van der Waals surface area contributed by atoms with Gasteiger partial charge in [-0.2, -0.15) is 10.5 Å². The van der Waals surface area contributed by atoms with Crippen LogP contribution in [-0.4, -0.2) is 11.3 Å². The molecule has 1 atom stereocenters. The summed E-state index contributed by atoms with van der Waals surface area (Å²) < 4.78 is 5.72. The minimum atomic E-state index is -0.765. The number of nitriles is 2. The highest BCUT2D eigenvalue weighted by atomic mass is 32.2. The highest BCUT2D eigenvalue weighted by molar-refractivity contribution is 8.24. The summed E-state index contributed by atoms with van der Waals surface area (Å²) in [4.78, 5) is -0.765. The van der Waals surface area contributed by atoms with Crippen molar-refractivity contribution in [3.8, 4) is 17.9 Å². The van der Waals surface area contributed by atoms with Crippen LogP contribution in [0.1, 0.15) is 23.1 Å². The van der Waals surface area contributed by atoms with Gasteiger partial charge < -0.3 is 10.1 Å².